The second-order valence-corrected chi connectivity index (χ2v) is 7.72. The number of carbonyl (C=O) groups excluding carboxylic acids is 1. The molecule has 0 aliphatic carbocycles. The van der Waals surface area contributed by atoms with Crippen LogP contribution in [0.15, 0.2) is 66.7 Å². The first-order chi connectivity index (χ1) is 12.5. The molecule has 0 fully saturated rings. The van der Waals surface area contributed by atoms with E-state index in [-0.39, 0.29) is 5.91 Å². The van der Waals surface area contributed by atoms with Crippen molar-refractivity contribution in [2.45, 2.75) is 32.9 Å². The van der Waals surface area contributed by atoms with Gasteiger partial charge in [-0.2, -0.15) is 0 Å². The molecule has 1 heterocycles. The zero-order valence-corrected chi connectivity index (χ0v) is 15.5. The number of carbonyl (C=O) groups is 1. The van der Waals surface area contributed by atoms with Crippen LogP contribution >= 0.6 is 0 Å². The molecule has 1 aliphatic heterocycles. The van der Waals surface area contributed by atoms with Crippen LogP contribution in [0.4, 0.5) is 11.4 Å². The van der Waals surface area contributed by atoms with Gasteiger partial charge in [0.2, 0.25) is 0 Å². The van der Waals surface area contributed by atoms with Gasteiger partial charge in [-0.25, -0.2) is 0 Å². The molecule has 0 saturated heterocycles. The molecule has 26 heavy (non-hydrogen) atoms. The summed E-state index contributed by atoms with van der Waals surface area (Å²) in [4.78, 5) is 15.5. The fraction of sp³-hybridized carbons (Fsp3) is 0.261. The zero-order valence-electron chi connectivity index (χ0n) is 15.5. The van der Waals surface area contributed by atoms with Crippen molar-refractivity contribution in [2.75, 3.05) is 10.2 Å². The minimum atomic E-state index is -0.470. The Kier molecular flexibility index (Phi) is 3.95. The van der Waals surface area contributed by atoms with Crippen LogP contribution in [0.25, 0.3) is 10.8 Å². The molecular formula is C23H24N2O. The minimum absolute atomic E-state index is 0.0545. The number of amides is 1. The molecule has 0 bridgehead atoms. The summed E-state index contributed by atoms with van der Waals surface area (Å²) in [5, 5.41) is 5.91. The molecule has 132 valence electrons. The number of nitrogens with one attached hydrogen (secondary N) is 1. The lowest BCUT2D eigenvalue weighted by Crippen LogP contribution is -2.59. The van der Waals surface area contributed by atoms with E-state index in [1.54, 1.807) is 0 Å². The quantitative estimate of drug-likeness (QED) is 0.663. The number of rotatable bonds is 3. The molecule has 3 aromatic carbocycles. The largest absolute Gasteiger partial charge is 0.362 e. The Bertz CT molecular complexity index is 964. The van der Waals surface area contributed by atoms with Crippen LogP contribution in [-0.4, -0.2) is 11.6 Å². The van der Waals surface area contributed by atoms with Gasteiger partial charge in [0.25, 0.3) is 5.91 Å². The smallest absolute Gasteiger partial charge is 0.262 e. The van der Waals surface area contributed by atoms with Gasteiger partial charge in [0.05, 0.1) is 5.56 Å². The summed E-state index contributed by atoms with van der Waals surface area (Å²) in [7, 11) is 0. The number of benzene rings is 3. The summed E-state index contributed by atoms with van der Waals surface area (Å²) in [6.07, 6.45) is 0.861. The lowest BCUT2D eigenvalue weighted by atomic mass is 9.91. The maximum Gasteiger partial charge on any atom is 0.262 e. The van der Waals surface area contributed by atoms with Gasteiger partial charge in [0.15, 0.2) is 0 Å². The van der Waals surface area contributed by atoms with Crippen molar-refractivity contribution in [1.29, 1.82) is 0 Å². The van der Waals surface area contributed by atoms with Gasteiger partial charge in [0.1, 0.15) is 5.66 Å². The van der Waals surface area contributed by atoms with Crippen molar-refractivity contribution in [3.8, 4) is 0 Å². The first-order valence-corrected chi connectivity index (χ1v) is 9.18. The van der Waals surface area contributed by atoms with Gasteiger partial charge in [0, 0.05) is 11.4 Å². The molecule has 1 amide bonds. The maximum absolute atomic E-state index is 13.5. The molecule has 0 aromatic heterocycles. The average molecular weight is 344 g/mol. The normalized spacial score (nSPS) is 19.5. The molecular weight excluding hydrogens is 320 g/mol. The molecule has 1 N–H and O–H groups in total. The molecule has 3 nitrogen and oxygen atoms in total. The van der Waals surface area contributed by atoms with Crippen molar-refractivity contribution in [2.24, 2.45) is 5.92 Å². The van der Waals surface area contributed by atoms with E-state index in [4.69, 9.17) is 0 Å². The maximum atomic E-state index is 13.5. The third-order valence-corrected chi connectivity index (χ3v) is 5.04. The van der Waals surface area contributed by atoms with Crippen molar-refractivity contribution < 1.29 is 4.79 Å². The highest BCUT2D eigenvalue weighted by Gasteiger charge is 2.42. The fourth-order valence-electron chi connectivity index (χ4n) is 4.13. The van der Waals surface area contributed by atoms with Gasteiger partial charge >= 0.3 is 0 Å². The second kappa shape index (κ2) is 6.17. The average Bonchev–Trinajstić information content (AvgIpc) is 2.60. The van der Waals surface area contributed by atoms with Crippen molar-refractivity contribution in [3.63, 3.8) is 0 Å². The van der Waals surface area contributed by atoms with E-state index in [9.17, 15) is 4.79 Å². The highest BCUT2D eigenvalue weighted by atomic mass is 16.2. The van der Waals surface area contributed by atoms with Gasteiger partial charge in [-0.15, -0.1) is 0 Å². The van der Waals surface area contributed by atoms with Crippen molar-refractivity contribution in [3.05, 3.63) is 72.3 Å². The predicted octanol–water partition coefficient (Wildman–Crippen LogP) is 5.67. The Balaban J connectivity index is 1.90. The number of hydrogen-bond donors (Lipinski definition) is 1. The highest BCUT2D eigenvalue weighted by molar-refractivity contribution is 6.15. The van der Waals surface area contributed by atoms with Crippen LogP contribution < -0.4 is 10.2 Å². The molecule has 0 saturated carbocycles. The van der Waals surface area contributed by atoms with Gasteiger partial charge in [-0.05, 0) is 54.3 Å². The molecule has 1 aliphatic rings. The Morgan fingerprint density at radius 1 is 0.962 bits per heavy atom. The van der Waals surface area contributed by atoms with E-state index in [0.717, 1.165) is 34.1 Å². The minimum Gasteiger partial charge on any atom is -0.362 e. The first-order valence-electron chi connectivity index (χ1n) is 9.18. The predicted molar refractivity (Wildman–Crippen MR) is 109 cm³/mol. The van der Waals surface area contributed by atoms with Crippen LogP contribution in [0.3, 0.4) is 0 Å². The zero-order chi connectivity index (χ0) is 18.3. The molecule has 1 atom stereocenters. The van der Waals surface area contributed by atoms with Crippen molar-refractivity contribution >= 4 is 28.1 Å². The van der Waals surface area contributed by atoms with Crippen LogP contribution in [0.1, 0.15) is 37.6 Å². The van der Waals surface area contributed by atoms with Crippen molar-refractivity contribution in [1.82, 2.24) is 0 Å². The molecule has 4 rings (SSSR count). The molecule has 3 heteroatoms. The Labute approximate surface area is 154 Å². The monoisotopic (exact) mass is 344 g/mol. The van der Waals surface area contributed by atoms with Crippen LogP contribution in [-0.2, 0) is 0 Å². The van der Waals surface area contributed by atoms with Gasteiger partial charge in [-0.3, -0.25) is 9.69 Å². The van der Waals surface area contributed by atoms with Crippen LogP contribution in [0, 0.1) is 5.92 Å². The van der Waals surface area contributed by atoms with Gasteiger partial charge in [-0.1, -0.05) is 56.3 Å². The third kappa shape index (κ3) is 2.74. The SMILES string of the molecule is CC(C)CC1(C)Nc2cc3ccccc3cc2C(=O)N1c1ccccc1. The van der Waals surface area contributed by atoms with E-state index < -0.39 is 5.66 Å². The molecule has 1 unspecified atom stereocenters. The van der Waals surface area contributed by atoms with Crippen LogP contribution in [0.2, 0.25) is 0 Å². The van der Waals surface area contributed by atoms with E-state index in [1.807, 2.05) is 53.4 Å². The standard InChI is InChI=1S/C23H24N2O/c1-16(2)15-23(3)24-21-14-18-10-8-7-9-17(18)13-20(21)22(26)25(23)19-11-5-4-6-12-19/h4-14,16,24H,15H2,1-3H3. The molecule has 0 spiro atoms. The lowest BCUT2D eigenvalue weighted by molar-refractivity contribution is 0.0951. The summed E-state index contributed by atoms with van der Waals surface area (Å²) in [5.74, 6) is 0.507. The number of anilines is 2. The molecule has 3 aromatic rings. The topological polar surface area (TPSA) is 32.3 Å². The van der Waals surface area contributed by atoms with E-state index >= 15 is 0 Å². The van der Waals surface area contributed by atoms with Gasteiger partial charge < -0.3 is 5.32 Å². The summed E-state index contributed by atoms with van der Waals surface area (Å²) in [5.41, 5.74) is 2.10. The highest BCUT2D eigenvalue weighted by Crippen LogP contribution is 2.39. The summed E-state index contributed by atoms with van der Waals surface area (Å²) < 4.78 is 0. The number of hydrogen-bond acceptors (Lipinski definition) is 2. The number of fused-ring (bicyclic) bond motifs is 2. The summed E-state index contributed by atoms with van der Waals surface area (Å²) in [6.45, 7) is 6.50. The lowest BCUT2D eigenvalue weighted by Gasteiger charge is -2.47. The Hall–Kier alpha value is -2.81. The first kappa shape index (κ1) is 16.6. The van der Waals surface area contributed by atoms with Crippen LogP contribution in [0.5, 0.6) is 0 Å². The summed E-state index contributed by atoms with van der Waals surface area (Å²) in [6, 6.07) is 22.2. The number of nitrogens with zero attached hydrogens (tertiary/aromatic N) is 1. The Morgan fingerprint density at radius 2 is 1.58 bits per heavy atom. The third-order valence-electron chi connectivity index (χ3n) is 5.04. The molecule has 0 radical (unpaired) electrons. The number of para-hydroxylation sites is 1. The Morgan fingerprint density at radius 3 is 2.23 bits per heavy atom. The second-order valence-electron chi connectivity index (χ2n) is 7.72. The van der Waals surface area contributed by atoms with E-state index in [1.165, 1.54) is 0 Å². The van der Waals surface area contributed by atoms with E-state index in [0.29, 0.717) is 5.92 Å². The summed E-state index contributed by atoms with van der Waals surface area (Å²) >= 11 is 0. The van der Waals surface area contributed by atoms with E-state index in [2.05, 4.69) is 44.3 Å². The fourth-order valence-corrected chi connectivity index (χ4v) is 4.13.